The number of nitrogens with two attached hydrogens (primary N) is 1. The second-order valence-electron chi connectivity index (χ2n) is 5.92. The van der Waals surface area contributed by atoms with Gasteiger partial charge in [0, 0.05) is 20.1 Å². The molecule has 0 unspecified atom stereocenters. The Morgan fingerprint density at radius 1 is 1.40 bits per heavy atom. The Morgan fingerprint density at radius 2 is 2.00 bits per heavy atom. The minimum absolute atomic E-state index is 0.127. The first-order chi connectivity index (χ1) is 9.45. The fraction of sp³-hybridized carbons (Fsp3) is 0.714. The Labute approximate surface area is 120 Å². The molecule has 112 valence electrons. The number of amidine groups is 1. The SMILES string of the molecule is Cc1nn(C)c(N(C)C2CCC(C)CC2)c1C(N)=NO. The van der Waals surface area contributed by atoms with Crippen molar-refractivity contribution >= 4 is 11.7 Å². The lowest BCUT2D eigenvalue weighted by molar-refractivity contribution is 0.318. The zero-order valence-corrected chi connectivity index (χ0v) is 12.8. The van der Waals surface area contributed by atoms with Crippen molar-refractivity contribution in [2.75, 3.05) is 11.9 Å². The summed E-state index contributed by atoms with van der Waals surface area (Å²) in [5.74, 6) is 1.87. The zero-order chi connectivity index (χ0) is 14.9. The van der Waals surface area contributed by atoms with Crippen LogP contribution in [0.2, 0.25) is 0 Å². The van der Waals surface area contributed by atoms with Crippen molar-refractivity contribution in [3.63, 3.8) is 0 Å². The lowest BCUT2D eigenvalue weighted by Gasteiger charge is -2.35. The van der Waals surface area contributed by atoms with Crippen LogP contribution >= 0.6 is 0 Å². The van der Waals surface area contributed by atoms with Crippen LogP contribution in [0.3, 0.4) is 0 Å². The predicted molar refractivity (Wildman–Crippen MR) is 80.3 cm³/mol. The van der Waals surface area contributed by atoms with E-state index in [1.807, 2.05) is 18.7 Å². The quantitative estimate of drug-likeness (QED) is 0.383. The molecule has 0 spiro atoms. The lowest BCUT2D eigenvalue weighted by Crippen LogP contribution is -2.37. The van der Waals surface area contributed by atoms with Crippen molar-refractivity contribution in [2.24, 2.45) is 23.9 Å². The van der Waals surface area contributed by atoms with E-state index in [-0.39, 0.29) is 5.84 Å². The number of rotatable bonds is 3. The summed E-state index contributed by atoms with van der Waals surface area (Å²) in [4.78, 5) is 2.24. The average Bonchev–Trinajstić information content (AvgIpc) is 2.72. The first kappa shape index (κ1) is 14.7. The van der Waals surface area contributed by atoms with Gasteiger partial charge in [0.1, 0.15) is 5.82 Å². The molecule has 1 fully saturated rings. The molecule has 0 aromatic carbocycles. The Morgan fingerprint density at radius 3 is 2.55 bits per heavy atom. The highest BCUT2D eigenvalue weighted by Crippen LogP contribution is 2.31. The normalized spacial score (nSPS) is 23.9. The van der Waals surface area contributed by atoms with Crippen LogP contribution < -0.4 is 10.6 Å². The second kappa shape index (κ2) is 5.73. The van der Waals surface area contributed by atoms with Crippen molar-refractivity contribution in [1.29, 1.82) is 0 Å². The summed E-state index contributed by atoms with van der Waals surface area (Å²) in [7, 11) is 3.98. The lowest BCUT2D eigenvalue weighted by atomic mass is 9.86. The summed E-state index contributed by atoms with van der Waals surface area (Å²) in [5.41, 5.74) is 7.34. The summed E-state index contributed by atoms with van der Waals surface area (Å²) < 4.78 is 1.82. The van der Waals surface area contributed by atoms with E-state index in [2.05, 4.69) is 29.1 Å². The molecule has 0 atom stereocenters. The number of hydrogen-bond acceptors (Lipinski definition) is 4. The fourth-order valence-electron chi connectivity index (χ4n) is 3.20. The van der Waals surface area contributed by atoms with Crippen LogP contribution in [0.25, 0.3) is 0 Å². The Balaban J connectivity index is 2.32. The highest BCUT2D eigenvalue weighted by atomic mass is 16.4. The van der Waals surface area contributed by atoms with Gasteiger partial charge in [0.2, 0.25) is 0 Å². The largest absolute Gasteiger partial charge is 0.409 e. The van der Waals surface area contributed by atoms with E-state index in [0.717, 1.165) is 23.0 Å². The van der Waals surface area contributed by atoms with E-state index in [1.165, 1.54) is 25.7 Å². The van der Waals surface area contributed by atoms with Gasteiger partial charge in [0.05, 0.1) is 11.3 Å². The summed E-state index contributed by atoms with van der Waals surface area (Å²) >= 11 is 0. The standard InChI is InChI=1S/C14H25N5O/c1-9-5-7-11(8-6-9)18(3)14-12(13(15)17-20)10(2)16-19(14)4/h9,11,20H,5-8H2,1-4H3,(H2,15,17). The molecule has 20 heavy (non-hydrogen) atoms. The van der Waals surface area contributed by atoms with Crippen molar-refractivity contribution in [3.8, 4) is 0 Å². The highest BCUT2D eigenvalue weighted by molar-refractivity contribution is 6.02. The monoisotopic (exact) mass is 279 g/mol. The molecule has 1 aromatic rings. The van der Waals surface area contributed by atoms with E-state index >= 15 is 0 Å². The van der Waals surface area contributed by atoms with E-state index in [4.69, 9.17) is 10.9 Å². The molecule has 1 aromatic heterocycles. The van der Waals surface area contributed by atoms with Crippen LogP contribution in [0, 0.1) is 12.8 Å². The van der Waals surface area contributed by atoms with Gasteiger partial charge in [-0.1, -0.05) is 12.1 Å². The zero-order valence-electron chi connectivity index (χ0n) is 12.8. The van der Waals surface area contributed by atoms with Crippen LogP contribution in [0.15, 0.2) is 5.16 Å². The summed E-state index contributed by atoms with van der Waals surface area (Å²) in [6.45, 7) is 4.19. The van der Waals surface area contributed by atoms with E-state index in [9.17, 15) is 0 Å². The third-order valence-corrected chi connectivity index (χ3v) is 4.42. The minimum atomic E-state index is 0.127. The van der Waals surface area contributed by atoms with Gasteiger partial charge in [-0.05, 0) is 38.5 Å². The van der Waals surface area contributed by atoms with Crippen molar-refractivity contribution in [3.05, 3.63) is 11.3 Å². The molecule has 0 amide bonds. The smallest absolute Gasteiger partial charge is 0.175 e. The van der Waals surface area contributed by atoms with Crippen LogP contribution in [-0.2, 0) is 7.05 Å². The van der Waals surface area contributed by atoms with Gasteiger partial charge in [-0.25, -0.2) is 0 Å². The fourth-order valence-corrected chi connectivity index (χ4v) is 3.20. The number of oxime groups is 1. The summed E-state index contributed by atoms with van der Waals surface area (Å²) in [6, 6.07) is 0.492. The minimum Gasteiger partial charge on any atom is -0.409 e. The molecule has 1 aliphatic carbocycles. The first-order valence-corrected chi connectivity index (χ1v) is 7.20. The number of anilines is 1. The maximum Gasteiger partial charge on any atom is 0.175 e. The molecule has 0 aliphatic heterocycles. The molecule has 0 bridgehead atoms. The van der Waals surface area contributed by atoms with Gasteiger partial charge in [-0.3, -0.25) is 4.68 Å². The van der Waals surface area contributed by atoms with Gasteiger partial charge in [0.25, 0.3) is 0 Å². The van der Waals surface area contributed by atoms with Crippen LogP contribution in [0.4, 0.5) is 5.82 Å². The van der Waals surface area contributed by atoms with Crippen LogP contribution in [0.1, 0.15) is 43.9 Å². The number of aromatic nitrogens is 2. The number of nitrogens with zero attached hydrogens (tertiary/aromatic N) is 4. The second-order valence-corrected chi connectivity index (χ2v) is 5.92. The van der Waals surface area contributed by atoms with Gasteiger partial charge in [-0.15, -0.1) is 0 Å². The molecule has 1 aliphatic rings. The van der Waals surface area contributed by atoms with Gasteiger partial charge < -0.3 is 15.8 Å². The Kier molecular flexibility index (Phi) is 4.20. The van der Waals surface area contributed by atoms with E-state index in [0.29, 0.717) is 6.04 Å². The molecule has 1 heterocycles. The molecule has 6 heteroatoms. The Hall–Kier alpha value is -1.72. The van der Waals surface area contributed by atoms with Gasteiger partial charge in [-0.2, -0.15) is 5.10 Å². The topological polar surface area (TPSA) is 79.7 Å². The maximum atomic E-state index is 8.98. The number of aryl methyl sites for hydroxylation is 2. The molecule has 1 saturated carbocycles. The molecule has 0 radical (unpaired) electrons. The van der Waals surface area contributed by atoms with Crippen LogP contribution in [-0.4, -0.2) is 33.9 Å². The summed E-state index contributed by atoms with van der Waals surface area (Å²) in [5, 5.41) is 16.5. The van der Waals surface area contributed by atoms with E-state index in [1.54, 1.807) is 0 Å². The predicted octanol–water partition coefficient (Wildman–Crippen LogP) is 1.84. The maximum absolute atomic E-state index is 8.98. The molecular weight excluding hydrogens is 254 g/mol. The van der Waals surface area contributed by atoms with Gasteiger partial charge in [0.15, 0.2) is 5.84 Å². The third kappa shape index (κ3) is 2.59. The summed E-state index contributed by atoms with van der Waals surface area (Å²) in [6.07, 6.45) is 4.87. The van der Waals surface area contributed by atoms with Gasteiger partial charge >= 0.3 is 0 Å². The number of hydrogen-bond donors (Lipinski definition) is 2. The molecule has 0 saturated heterocycles. The van der Waals surface area contributed by atoms with Crippen molar-refractivity contribution in [2.45, 2.75) is 45.6 Å². The van der Waals surface area contributed by atoms with E-state index < -0.39 is 0 Å². The Bertz CT molecular complexity index is 500. The molecule has 3 N–H and O–H groups in total. The van der Waals surface area contributed by atoms with Crippen molar-refractivity contribution < 1.29 is 5.21 Å². The average molecular weight is 279 g/mol. The van der Waals surface area contributed by atoms with Crippen molar-refractivity contribution in [1.82, 2.24) is 9.78 Å². The highest BCUT2D eigenvalue weighted by Gasteiger charge is 2.27. The molecule has 6 nitrogen and oxygen atoms in total. The molecular formula is C14H25N5O. The molecule has 2 rings (SSSR count). The third-order valence-electron chi connectivity index (χ3n) is 4.42. The van der Waals surface area contributed by atoms with Crippen LogP contribution in [0.5, 0.6) is 0 Å². The first-order valence-electron chi connectivity index (χ1n) is 7.20.